The van der Waals surface area contributed by atoms with Gasteiger partial charge in [0, 0.05) is 25.7 Å². The minimum atomic E-state index is -1.80. The van der Waals surface area contributed by atoms with E-state index in [-0.39, 0.29) is 6.10 Å². The van der Waals surface area contributed by atoms with Crippen molar-refractivity contribution in [1.29, 1.82) is 0 Å². The molecule has 2 fully saturated rings. The number of rotatable bonds is 11. The van der Waals surface area contributed by atoms with Gasteiger partial charge in [0.2, 0.25) is 5.60 Å². The summed E-state index contributed by atoms with van der Waals surface area (Å²) >= 11 is 0. The third kappa shape index (κ3) is 5.08. The summed E-state index contributed by atoms with van der Waals surface area (Å²) in [7, 11) is 2.43. The molecule has 1 N–H and O–H groups in total. The van der Waals surface area contributed by atoms with Crippen LogP contribution in [0.1, 0.15) is 82.3 Å². The Kier molecular flexibility index (Phi) is 8.10. The molecule has 4 heteroatoms. The molecule has 4 nitrogen and oxygen atoms in total. The van der Waals surface area contributed by atoms with E-state index in [9.17, 15) is 9.90 Å². The summed E-state index contributed by atoms with van der Waals surface area (Å²) in [6, 6.07) is 19.5. The standard InChI is InChI=1S/C30H42NO3/c1-3-4-5-6-7-14-21-31(2)26-19-20-27(31)23-28(22-26)34-29(32)30(33,24-15-10-8-11-16-24)25-17-12-9-13-18-25/h8-13,15-18,26-28,33H,3-7,14,19-23H2,1-2H3/q+1. The predicted octanol–water partition coefficient (Wildman–Crippen LogP) is 5.97. The second kappa shape index (κ2) is 11.0. The Bertz CT molecular complexity index is 860. The van der Waals surface area contributed by atoms with Crippen molar-refractivity contribution in [2.45, 2.75) is 94.9 Å². The number of carbonyl (C=O) groups excluding carboxylic acids is 1. The number of nitrogens with zero attached hydrogens (tertiary/aromatic N) is 1. The minimum absolute atomic E-state index is 0.125. The molecule has 0 aromatic heterocycles. The average Bonchev–Trinajstić information content (AvgIpc) is 3.02. The highest BCUT2D eigenvalue weighted by Gasteiger charge is 2.53. The fourth-order valence-electron chi connectivity index (χ4n) is 6.39. The molecule has 4 rings (SSSR count). The Morgan fingerprint density at radius 2 is 1.38 bits per heavy atom. The van der Waals surface area contributed by atoms with E-state index in [2.05, 4.69) is 14.0 Å². The van der Waals surface area contributed by atoms with Crippen molar-refractivity contribution in [3.05, 3.63) is 71.8 Å². The topological polar surface area (TPSA) is 46.5 Å². The lowest BCUT2D eigenvalue weighted by Gasteiger charge is -2.47. The van der Waals surface area contributed by atoms with E-state index in [1.807, 2.05) is 36.4 Å². The first-order valence-electron chi connectivity index (χ1n) is 13.4. The van der Waals surface area contributed by atoms with E-state index in [1.54, 1.807) is 24.3 Å². The number of hydrogen-bond acceptors (Lipinski definition) is 3. The molecule has 0 radical (unpaired) electrons. The number of fused-ring (bicyclic) bond motifs is 2. The van der Waals surface area contributed by atoms with Crippen molar-refractivity contribution in [3.8, 4) is 0 Å². The maximum Gasteiger partial charge on any atom is 0.347 e. The van der Waals surface area contributed by atoms with Crippen molar-refractivity contribution in [3.63, 3.8) is 0 Å². The van der Waals surface area contributed by atoms with Gasteiger partial charge in [-0.15, -0.1) is 0 Å². The van der Waals surface area contributed by atoms with Crippen molar-refractivity contribution < 1.29 is 19.1 Å². The second-order valence-corrected chi connectivity index (χ2v) is 10.7. The molecule has 2 heterocycles. The molecule has 0 aliphatic carbocycles. The summed E-state index contributed by atoms with van der Waals surface area (Å²) in [5, 5.41) is 11.7. The minimum Gasteiger partial charge on any atom is -0.459 e. The molecule has 2 saturated heterocycles. The smallest absolute Gasteiger partial charge is 0.347 e. The van der Waals surface area contributed by atoms with Crippen molar-refractivity contribution >= 4 is 5.97 Å². The van der Waals surface area contributed by atoms with E-state index in [1.165, 1.54) is 57.9 Å². The zero-order valence-corrected chi connectivity index (χ0v) is 21.0. The third-order valence-electron chi connectivity index (χ3n) is 8.52. The number of piperidine rings is 1. The number of aliphatic hydroxyl groups is 1. The highest BCUT2D eigenvalue weighted by molar-refractivity contribution is 5.85. The number of benzene rings is 2. The first-order valence-corrected chi connectivity index (χ1v) is 13.4. The summed E-state index contributed by atoms with van der Waals surface area (Å²) in [5.41, 5.74) is -0.697. The van der Waals surface area contributed by atoms with Crippen LogP contribution in [-0.2, 0) is 15.1 Å². The van der Waals surface area contributed by atoms with Gasteiger partial charge >= 0.3 is 5.97 Å². The molecular formula is C30H42NO3+. The first kappa shape index (κ1) is 24.9. The van der Waals surface area contributed by atoms with Crippen LogP contribution in [0.25, 0.3) is 0 Å². The Morgan fingerprint density at radius 1 is 0.882 bits per heavy atom. The van der Waals surface area contributed by atoms with Gasteiger partial charge in [-0.2, -0.15) is 0 Å². The van der Waals surface area contributed by atoms with E-state index in [4.69, 9.17) is 4.74 Å². The van der Waals surface area contributed by atoms with Crippen LogP contribution in [0.5, 0.6) is 0 Å². The average molecular weight is 465 g/mol. The van der Waals surface area contributed by atoms with Crippen LogP contribution in [0.4, 0.5) is 0 Å². The molecule has 2 atom stereocenters. The van der Waals surface area contributed by atoms with Gasteiger partial charge in [0.05, 0.1) is 25.7 Å². The van der Waals surface area contributed by atoms with Gasteiger partial charge < -0.3 is 14.3 Å². The van der Waals surface area contributed by atoms with Crippen LogP contribution in [0.2, 0.25) is 0 Å². The molecule has 2 unspecified atom stereocenters. The largest absolute Gasteiger partial charge is 0.459 e. The Morgan fingerprint density at radius 3 is 1.91 bits per heavy atom. The summed E-state index contributed by atoms with van der Waals surface area (Å²) in [6.07, 6.45) is 12.1. The normalized spacial score (nSPS) is 26.4. The highest BCUT2D eigenvalue weighted by atomic mass is 16.6. The van der Waals surface area contributed by atoms with E-state index >= 15 is 0 Å². The first-order chi connectivity index (χ1) is 16.5. The Balaban J connectivity index is 1.42. The van der Waals surface area contributed by atoms with E-state index in [0.29, 0.717) is 23.2 Å². The second-order valence-electron chi connectivity index (χ2n) is 10.7. The maximum atomic E-state index is 13.5. The van der Waals surface area contributed by atoms with E-state index < -0.39 is 11.6 Å². The Hall–Kier alpha value is -2.17. The highest BCUT2D eigenvalue weighted by Crippen LogP contribution is 2.43. The van der Waals surface area contributed by atoms with Gasteiger partial charge in [0.15, 0.2) is 0 Å². The van der Waals surface area contributed by atoms with Crippen LogP contribution >= 0.6 is 0 Å². The molecule has 2 aliphatic heterocycles. The SMILES string of the molecule is CCCCCCCC[N+]1(C)C2CCC1CC(OC(=O)C(O)(c1ccccc1)c1ccccc1)C2. The van der Waals surface area contributed by atoms with Crippen LogP contribution in [0, 0.1) is 0 Å². The van der Waals surface area contributed by atoms with Gasteiger partial charge in [0.1, 0.15) is 6.10 Å². The fraction of sp³-hybridized carbons (Fsp3) is 0.567. The van der Waals surface area contributed by atoms with Crippen LogP contribution < -0.4 is 0 Å². The van der Waals surface area contributed by atoms with Crippen LogP contribution in [-0.4, -0.2) is 47.3 Å². The molecule has 0 spiro atoms. The van der Waals surface area contributed by atoms with Crippen LogP contribution in [0.15, 0.2) is 60.7 Å². The zero-order chi connectivity index (χ0) is 24.0. The summed E-state index contributed by atoms with van der Waals surface area (Å²) in [4.78, 5) is 13.5. The molecule has 2 aromatic rings. The fourth-order valence-corrected chi connectivity index (χ4v) is 6.39. The lowest BCUT2D eigenvalue weighted by atomic mass is 9.86. The van der Waals surface area contributed by atoms with Gasteiger partial charge in [0.25, 0.3) is 0 Å². The molecular weight excluding hydrogens is 422 g/mol. The van der Waals surface area contributed by atoms with Crippen molar-refractivity contribution in [2.75, 3.05) is 13.6 Å². The molecule has 2 aromatic carbocycles. The van der Waals surface area contributed by atoms with Crippen molar-refractivity contribution in [1.82, 2.24) is 0 Å². The van der Waals surface area contributed by atoms with Gasteiger partial charge in [-0.3, -0.25) is 0 Å². The predicted molar refractivity (Wildman–Crippen MR) is 136 cm³/mol. The quantitative estimate of drug-likeness (QED) is 0.253. The molecule has 2 aliphatic rings. The maximum absolute atomic E-state index is 13.5. The van der Waals surface area contributed by atoms with Crippen molar-refractivity contribution in [2.24, 2.45) is 0 Å². The molecule has 0 saturated carbocycles. The van der Waals surface area contributed by atoms with Crippen LogP contribution in [0.3, 0.4) is 0 Å². The lowest BCUT2D eigenvalue weighted by molar-refractivity contribution is -0.949. The summed E-state index contributed by atoms with van der Waals surface area (Å²) in [6.45, 7) is 3.50. The number of hydrogen-bond donors (Lipinski definition) is 1. The monoisotopic (exact) mass is 464 g/mol. The van der Waals surface area contributed by atoms with Gasteiger partial charge in [-0.25, -0.2) is 4.79 Å². The molecule has 0 amide bonds. The molecule has 34 heavy (non-hydrogen) atoms. The number of ether oxygens (including phenoxy) is 1. The number of carbonyl (C=O) groups is 1. The Labute approximate surface area is 205 Å². The molecule has 2 bridgehead atoms. The number of quaternary nitrogens is 1. The van der Waals surface area contributed by atoms with Gasteiger partial charge in [-0.05, 0) is 24.0 Å². The van der Waals surface area contributed by atoms with Gasteiger partial charge in [-0.1, -0.05) is 93.3 Å². The number of esters is 1. The number of unbranched alkanes of at least 4 members (excludes halogenated alkanes) is 5. The summed E-state index contributed by atoms with van der Waals surface area (Å²) < 4.78 is 7.25. The lowest BCUT2D eigenvalue weighted by Crippen LogP contribution is -2.59. The molecule has 184 valence electrons. The summed E-state index contributed by atoms with van der Waals surface area (Å²) in [5.74, 6) is -0.554. The zero-order valence-electron chi connectivity index (χ0n) is 21.0. The third-order valence-corrected chi connectivity index (χ3v) is 8.52. The van der Waals surface area contributed by atoms with E-state index in [0.717, 1.165) is 17.3 Å².